The zero-order valence-corrected chi connectivity index (χ0v) is 9.88. The first-order valence-electron chi connectivity index (χ1n) is 5.70. The van der Waals surface area contributed by atoms with Gasteiger partial charge < -0.3 is 16.2 Å². The van der Waals surface area contributed by atoms with Crippen LogP contribution in [0.5, 0.6) is 0 Å². The van der Waals surface area contributed by atoms with Gasteiger partial charge in [0.2, 0.25) is 0 Å². The lowest BCUT2D eigenvalue weighted by molar-refractivity contribution is 0.0996. The SMILES string of the molecule is NC(=O)c1cc(NCCCCCO)c(F)cc1F. The molecule has 0 unspecified atom stereocenters. The van der Waals surface area contributed by atoms with E-state index in [-0.39, 0.29) is 17.9 Å². The predicted octanol–water partition coefficient (Wildman–Crippen LogP) is 1.64. The lowest BCUT2D eigenvalue weighted by Gasteiger charge is -2.09. The first-order valence-corrected chi connectivity index (χ1v) is 5.70. The Balaban J connectivity index is 2.65. The largest absolute Gasteiger partial charge is 0.396 e. The van der Waals surface area contributed by atoms with Gasteiger partial charge in [0.05, 0.1) is 11.3 Å². The number of rotatable bonds is 7. The number of carbonyl (C=O) groups excluding carboxylic acids is 1. The number of anilines is 1. The van der Waals surface area contributed by atoms with Crippen molar-refractivity contribution in [2.24, 2.45) is 5.73 Å². The summed E-state index contributed by atoms with van der Waals surface area (Å²) in [6.45, 7) is 0.595. The van der Waals surface area contributed by atoms with Crippen LogP contribution in [0.15, 0.2) is 12.1 Å². The van der Waals surface area contributed by atoms with Crippen molar-refractivity contribution in [1.29, 1.82) is 0 Å². The molecule has 0 aliphatic heterocycles. The van der Waals surface area contributed by atoms with Crippen molar-refractivity contribution in [2.45, 2.75) is 19.3 Å². The molecular weight excluding hydrogens is 242 g/mol. The molecule has 0 spiro atoms. The van der Waals surface area contributed by atoms with Gasteiger partial charge in [-0.25, -0.2) is 8.78 Å². The third kappa shape index (κ3) is 3.96. The van der Waals surface area contributed by atoms with E-state index < -0.39 is 17.5 Å². The lowest BCUT2D eigenvalue weighted by Crippen LogP contribution is -2.15. The minimum atomic E-state index is -0.967. The summed E-state index contributed by atoms with van der Waals surface area (Å²) >= 11 is 0. The van der Waals surface area contributed by atoms with Crippen LogP contribution in [0, 0.1) is 11.6 Å². The van der Waals surface area contributed by atoms with Gasteiger partial charge in [-0.1, -0.05) is 0 Å². The average Bonchev–Trinajstić information content (AvgIpc) is 2.30. The Labute approximate surface area is 104 Å². The molecule has 0 atom stereocenters. The van der Waals surface area contributed by atoms with Crippen molar-refractivity contribution in [2.75, 3.05) is 18.5 Å². The number of hydrogen-bond donors (Lipinski definition) is 3. The van der Waals surface area contributed by atoms with Crippen LogP contribution >= 0.6 is 0 Å². The molecule has 1 aromatic carbocycles. The highest BCUT2D eigenvalue weighted by Gasteiger charge is 2.13. The Morgan fingerprint density at radius 1 is 1.22 bits per heavy atom. The molecule has 6 heteroatoms. The minimum absolute atomic E-state index is 0.0502. The van der Waals surface area contributed by atoms with E-state index in [0.29, 0.717) is 19.0 Å². The van der Waals surface area contributed by atoms with Crippen LogP contribution in [0.25, 0.3) is 0 Å². The topological polar surface area (TPSA) is 75.4 Å². The van der Waals surface area contributed by atoms with Gasteiger partial charge in [0, 0.05) is 19.2 Å². The van der Waals surface area contributed by atoms with E-state index in [2.05, 4.69) is 5.32 Å². The van der Waals surface area contributed by atoms with Crippen molar-refractivity contribution in [3.63, 3.8) is 0 Å². The fourth-order valence-corrected chi connectivity index (χ4v) is 1.51. The number of aliphatic hydroxyl groups excluding tert-OH is 1. The van der Waals surface area contributed by atoms with Gasteiger partial charge in [0.1, 0.15) is 11.6 Å². The average molecular weight is 258 g/mol. The first kappa shape index (κ1) is 14.4. The molecule has 0 bridgehead atoms. The molecule has 0 saturated carbocycles. The Morgan fingerprint density at radius 3 is 2.56 bits per heavy atom. The fraction of sp³-hybridized carbons (Fsp3) is 0.417. The fourth-order valence-electron chi connectivity index (χ4n) is 1.51. The number of nitrogens with one attached hydrogen (secondary N) is 1. The van der Waals surface area contributed by atoms with Crippen LogP contribution in [-0.2, 0) is 0 Å². The molecule has 4 nitrogen and oxygen atoms in total. The summed E-state index contributed by atoms with van der Waals surface area (Å²) in [5, 5.41) is 11.3. The van der Waals surface area contributed by atoms with Crippen LogP contribution in [0.1, 0.15) is 29.6 Å². The minimum Gasteiger partial charge on any atom is -0.396 e. The molecule has 0 heterocycles. The van der Waals surface area contributed by atoms with Crippen molar-refractivity contribution in [1.82, 2.24) is 0 Å². The van der Waals surface area contributed by atoms with Crippen molar-refractivity contribution in [3.8, 4) is 0 Å². The van der Waals surface area contributed by atoms with Crippen molar-refractivity contribution >= 4 is 11.6 Å². The first-order chi connectivity index (χ1) is 8.56. The number of carbonyl (C=O) groups is 1. The molecule has 1 rings (SSSR count). The van der Waals surface area contributed by atoms with E-state index in [1.165, 1.54) is 0 Å². The predicted molar refractivity (Wildman–Crippen MR) is 64.3 cm³/mol. The normalized spacial score (nSPS) is 10.4. The number of benzene rings is 1. The third-order valence-corrected chi connectivity index (χ3v) is 2.47. The Morgan fingerprint density at radius 2 is 1.94 bits per heavy atom. The van der Waals surface area contributed by atoms with Crippen molar-refractivity contribution < 1.29 is 18.7 Å². The molecule has 100 valence electrons. The Kier molecular flexibility index (Phi) is 5.51. The van der Waals surface area contributed by atoms with Crippen LogP contribution in [0.2, 0.25) is 0 Å². The number of hydrogen-bond acceptors (Lipinski definition) is 3. The van der Waals surface area contributed by atoms with Gasteiger partial charge in [-0.15, -0.1) is 0 Å². The molecular formula is C12H16F2N2O2. The maximum absolute atomic E-state index is 13.4. The second-order valence-electron chi connectivity index (χ2n) is 3.89. The monoisotopic (exact) mass is 258 g/mol. The Bertz CT molecular complexity index is 425. The molecule has 0 aliphatic rings. The molecule has 0 aliphatic carbocycles. The van der Waals surface area contributed by atoms with E-state index in [9.17, 15) is 13.6 Å². The zero-order valence-electron chi connectivity index (χ0n) is 9.88. The van der Waals surface area contributed by atoms with Crippen molar-refractivity contribution in [3.05, 3.63) is 29.3 Å². The van der Waals surface area contributed by atoms with E-state index in [1.54, 1.807) is 0 Å². The third-order valence-electron chi connectivity index (χ3n) is 2.47. The lowest BCUT2D eigenvalue weighted by atomic mass is 10.1. The molecule has 4 N–H and O–H groups in total. The number of primary amides is 1. The quantitative estimate of drug-likeness (QED) is 0.651. The van der Waals surface area contributed by atoms with E-state index in [4.69, 9.17) is 10.8 Å². The number of halogens is 2. The van der Waals surface area contributed by atoms with E-state index >= 15 is 0 Å². The summed E-state index contributed by atoms with van der Waals surface area (Å²) in [6, 6.07) is 1.70. The second-order valence-corrected chi connectivity index (χ2v) is 3.89. The highest BCUT2D eigenvalue weighted by atomic mass is 19.1. The van der Waals surface area contributed by atoms with E-state index in [0.717, 1.165) is 18.9 Å². The molecule has 1 amide bonds. The molecule has 0 fully saturated rings. The summed E-state index contributed by atoms with van der Waals surface area (Å²) in [5.41, 5.74) is 4.68. The summed E-state index contributed by atoms with van der Waals surface area (Å²) in [7, 11) is 0. The van der Waals surface area contributed by atoms with Gasteiger partial charge in [-0.2, -0.15) is 0 Å². The van der Waals surface area contributed by atoms with Crippen LogP contribution in [0.4, 0.5) is 14.5 Å². The molecule has 0 saturated heterocycles. The van der Waals surface area contributed by atoms with Gasteiger partial charge in [-0.05, 0) is 25.3 Å². The van der Waals surface area contributed by atoms with Gasteiger partial charge >= 0.3 is 0 Å². The number of aliphatic hydroxyl groups is 1. The van der Waals surface area contributed by atoms with Gasteiger partial charge in [0.15, 0.2) is 0 Å². The van der Waals surface area contributed by atoms with Gasteiger partial charge in [0.25, 0.3) is 5.91 Å². The zero-order chi connectivity index (χ0) is 13.5. The molecule has 1 aromatic rings. The Hall–Kier alpha value is -1.69. The van der Waals surface area contributed by atoms with Gasteiger partial charge in [-0.3, -0.25) is 4.79 Å². The highest BCUT2D eigenvalue weighted by Crippen LogP contribution is 2.19. The van der Waals surface area contributed by atoms with Crippen LogP contribution in [-0.4, -0.2) is 24.2 Å². The molecule has 0 radical (unpaired) electrons. The number of nitrogens with two attached hydrogens (primary N) is 1. The summed E-state index contributed by atoms with van der Waals surface area (Å²) < 4.78 is 26.5. The standard InChI is InChI=1S/C12H16F2N2O2/c13-9-7-10(14)11(6-8(9)12(15)18)16-4-2-1-3-5-17/h6-7,16-17H,1-5H2,(H2,15,18). The highest BCUT2D eigenvalue weighted by molar-refractivity contribution is 5.94. The second kappa shape index (κ2) is 6.90. The maximum atomic E-state index is 13.4. The molecule has 0 aromatic heterocycles. The smallest absolute Gasteiger partial charge is 0.251 e. The summed E-state index contributed by atoms with van der Waals surface area (Å²) in [4.78, 5) is 10.9. The maximum Gasteiger partial charge on any atom is 0.251 e. The van der Waals surface area contributed by atoms with Crippen LogP contribution in [0.3, 0.4) is 0 Å². The number of unbranched alkanes of at least 4 members (excludes halogenated alkanes) is 2. The van der Waals surface area contributed by atoms with Crippen LogP contribution < -0.4 is 11.1 Å². The number of amides is 1. The summed E-state index contributed by atoms with van der Waals surface area (Å²) in [5.74, 6) is -2.67. The summed E-state index contributed by atoms with van der Waals surface area (Å²) in [6.07, 6.45) is 2.22. The van der Waals surface area contributed by atoms with E-state index in [1.807, 2.05) is 0 Å². The molecule has 18 heavy (non-hydrogen) atoms.